The largest absolute Gasteiger partial charge is 0.495 e. The van der Waals surface area contributed by atoms with E-state index in [0.717, 1.165) is 38.8 Å². The van der Waals surface area contributed by atoms with Gasteiger partial charge in [0, 0.05) is 44.1 Å². The molecule has 34 heavy (non-hydrogen) atoms. The molecule has 3 saturated heterocycles. The number of likely N-dealkylation sites (tertiary alicyclic amines) is 2. The van der Waals surface area contributed by atoms with Crippen LogP contribution in [0.3, 0.4) is 0 Å². The summed E-state index contributed by atoms with van der Waals surface area (Å²) >= 11 is 0. The third-order valence-corrected chi connectivity index (χ3v) is 7.15. The van der Waals surface area contributed by atoms with Crippen LogP contribution in [-0.2, 0) is 9.59 Å². The van der Waals surface area contributed by atoms with Crippen molar-refractivity contribution in [2.75, 3.05) is 44.7 Å². The van der Waals surface area contributed by atoms with Crippen LogP contribution in [-0.4, -0.2) is 84.6 Å². The van der Waals surface area contributed by atoms with Crippen LogP contribution in [0.15, 0.2) is 18.2 Å². The molecule has 0 bridgehead atoms. The average Bonchev–Trinajstić information content (AvgIpc) is 2.83. The number of carbonyl (C=O) groups excluding carboxylic acids is 3. The second-order valence-corrected chi connectivity index (χ2v) is 9.24. The maximum atomic E-state index is 13.2. The molecule has 3 aliphatic heterocycles. The highest BCUT2D eigenvalue weighted by Crippen LogP contribution is 2.32. The average molecular weight is 473 g/mol. The Hall–Kier alpha value is -3.14. The van der Waals surface area contributed by atoms with Crippen LogP contribution < -0.4 is 15.0 Å². The number of benzene rings is 1. The molecule has 10 nitrogen and oxygen atoms in total. The molecular formula is C24H32N4O6. The normalized spacial score (nSPS) is 20.9. The molecule has 4 amide bonds. The van der Waals surface area contributed by atoms with Crippen molar-refractivity contribution in [3.8, 4) is 5.75 Å². The fourth-order valence-corrected chi connectivity index (χ4v) is 5.21. The van der Waals surface area contributed by atoms with Crippen LogP contribution in [0, 0.1) is 5.92 Å². The standard InChI is InChI=1S/C24H32N4O6/c1-34-20-3-2-17(15-19(20)28-13-8-21(29)25-24(28)33)23(32)27-11-6-18(7-12-27)26-9-4-16(5-10-26)14-22(30)31/h2-3,15-16,18H,4-14H2,1H3,(H,30,31)(H,25,29,33). The van der Waals surface area contributed by atoms with Crippen LogP contribution in [0.1, 0.15) is 48.9 Å². The number of aliphatic carboxylic acids is 1. The van der Waals surface area contributed by atoms with E-state index < -0.39 is 12.0 Å². The van der Waals surface area contributed by atoms with E-state index in [1.54, 1.807) is 18.2 Å². The Bertz CT molecular complexity index is 951. The molecule has 1 aromatic rings. The van der Waals surface area contributed by atoms with Crippen LogP contribution in [0.4, 0.5) is 10.5 Å². The third-order valence-electron chi connectivity index (χ3n) is 7.15. The highest BCUT2D eigenvalue weighted by atomic mass is 16.5. The van der Waals surface area contributed by atoms with Gasteiger partial charge >= 0.3 is 12.0 Å². The number of amides is 4. The van der Waals surface area contributed by atoms with Crippen molar-refractivity contribution < 1.29 is 29.0 Å². The molecule has 184 valence electrons. The summed E-state index contributed by atoms with van der Waals surface area (Å²) in [6.45, 7) is 3.36. The van der Waals surface area contributed by atoms with E-state index in [4.69, 9.17) is 9.84 Å². The Kier molecular flexibility index (Phi) is 7.35. The zero-order valence-corrected chi connectivity index (χ0v) is 19.5. The molecule has 0 atom stereocenters. The lowest BCUT2D eigenvalue weighted by Gasteiger charge is -2.41. The Morgan fingerprint density at radius 1 is 1.06 bits per heavy atom. The molecular weight excluding hydrogens is 440 g/mol. The molecule has 4 rings (SSSR count). The van der Waals surface area contributed by atoms with Crippen molar-refractivity contribution in [1.82, 2.24) is 15.1 Å². The number of piperidine rings is 2. The summed E-state index contributed by atoms with van der Waals surface area (Å²) in [5.74, 6) is -0.398. The summed E-state index contributed by atoms with van der Waals surface area (Å²) < 4.78 is 5.39. The summed E-state index contributed by atoms with van der Waals surface area (Å²) in [5, 5.41) is 11.3. The van der Waals surface area contributed by atoms with E-state index in [1.165, 1.54) is 12.0 Å². The van der Waals surface area contributed by atoms with E-state index in [-0.39, 0.29) is 37.1 Å². The molecule has 3 fully saturated rings. The minimum Gasteiger partial charge on any atom is -0.495 e. The first-order valence-electron chi connectivity index (χ1n) is 11.9. The van der Waals surface area contributed by atoms with Gasteiger partial charge in [-0.05, 0) is 62.9 Å². The lowest BCUT2D eigenvalue weighted by Crippen LogP contribution is -2.50. The number of nitrogens with one attached hydrogen (secondary N) is 1. The molecule has 0 radical (unpaired) electrons. The Morgan fingerprint density at radius 3 is 2.38 bits per heavy atom. The number of carbonyl (C=O) groups is 4. The minimum absolute atomic E-state index is 0.0870. The van der Waals surface area contributed by atoms with E-state index in [1.807, 2.05) is 4.90 Å². The minimum atomic E-state index is -0.721. The number of rotatable bonds is 6. The number of nitrogens with zero attached hydrogens (tertiary/aromatic N) is 3. The summed E-state index contributed by atoms with van der Waals surface area (Å²) in [6.07, 6.45) is 4.03. The number of anilines is 1. The molecule has 1 aromatic carbocycles. The van der Waals surface area contributed by atoms with Gasteiger partial charge in [-0.15, -0.1) is 0 Å². The van der Waals surface area contributed by atoms with Gasteiger partial charge in [0.1, 0.15) is 5.75 Å². The van der Waals surface area contributed by atoms with Gasteiger partial charge in [-0.25, -0.2) is 4.79 Å². The maximum Gasteiger partial charge on any atom is 0.328 e. The second-order valence-electron chi connectivity index (χ2n) is 9.24. The molecule has 0 unspecified atom stereocenters. The number of methoxy groups -OCH3 is 1. The van der Waals surface area contributed by atoms with E-state index in [0.29, 0.717) is 36.1 Å². The highest BCUT2D eigenvalue weighted by molar-refractivity contribution is 6.07. The van der Waals surface area contributed by atoms with Crippen molar-refractivity contribution >= 4 is 29.5 Å². The smallest absolute Gasteiger partial charge is 0.328 e. The Morgan fingerprint density at radius 2 is 1.76 bits per heavy atom. The number of carboxylic acids is 1. The third kappa shape index (κ3) is 5.32. The molecule has 3 heterocycles. The Balaban J connectivity index is 1.36. The van der Waals surface area contributed by atoms with Crippen molar-refractivity contribution in [2.24, 2.45) is 5.92 Å². The van der Waals surface area contributed by atoms with Gasteiger partial charge in [0.15, 0.2) is 0 Å². The van der Waals surface area contributed by atoms with Gasteiger partial charge in [0.25, 0.3) is 5.91 Å². The van der Waals surface area contributed by atoms with Gasteiger partial charge in [-0.3, -0.25) is 24.6 Å². The molecule has 3 aliphatic rings. The second kappa shape index (κ2) is 10.4. The quantitative estimate of drug-likeness (QED) is 0.649. The molecule has 2 N–H and O–H groups in total. The first-order chi connectivity index (χ1) is 16.4. The Labute approximate surface area is 198 Å². The van der Waals surface area contributed by atoms with Crippen LogP contribution in [0.5, 0.6) is 5.75 Å². The number of carboxylic acid groups (broad SMARTS) is 1. The lowest BCUT2D eigenvalue weighted by molar-refractivity contribution is -0.138. The topological polar surface area (TPSA) is 119 Å². The predicted octanol–water partition coefficient (Wildman–Crippen LogP) is 1.93. The van der Waals surface area contributed by atoms with Gasteiger partial charge in [0.2, 0.25) is 5.91 Å². The van der Waals surface area contributed by atoms with Crippen molar-refractivity contribution in [1.29, 1.82) is 0 Å². The number of urea groups is 1. The number of hydrogen-bond acceptors (Lipinski definition) is 6. The molecule has 0 saturated carbocycles. The monoisotopic (exact) mass is 472 g/mol. The summed E-state index contributed by atoms with van der Waals surface area (Å²) in [6, 6.07) is 4.94. The molecule has 0 spiro atoms. The van der Waals surface area contributed by atoms with E-state index in [2.05, 4.69) is 10.2 Å². The highest BCUT2D eigenvalue weighted by Gasteiger charge is 2.32. The first-order valence-corrected chi connectivity index (χ1v) is 11.9. The van der Waals surface area contributed by atoms with Gasteiger partial charge in [-0.2, -0.15) is 0 Å². The van der Waals surface area contributed by atoms with Gasteiger partial charge in [0.05, 0.1) is 12.8 Å². The predicted molar refractivity (Wildman–Crippen MR) is 124 cm³/mol. The zero-order valence-electron chi connectivity index (χ0n) is 19.5. The molecule has 10 heteroatoms. The molecule has 0 aromatic heterocycles. The summed E-state index contributed by atoms with van der Waals surface area (Å²) in [7, 11) is 1.50. The van der Waals surface area contributed by atoms with Crippen LogP contribution in [0.2, 0.25) is 0 Å². The first kappa shape index (κ1) is 24.0. The van der Waals surface area contributed by atoms with Crippen LogP contribution >= 0.6 is 0 Å². The van der Waals surface area contributed by atoms with Gasteiger partial charge in [-0.1, -0.05) is 0 Å². The number of ether oxygens (including phenoxy) is 1. The maximum absolute atomic E-state index is 13.2. The summed E-state index contributed by atoms with van der Waals surface area (Å²) in [4.78, 5) is 53.7. The number of imide groups is 1. The zero-order chi connectivity index (χ0) is 24.2. The fourth-order valence-electron chi connectivity index (χ4n) is 5.21. The molecule has 0 aliphatic carbocycles. The van der Waals surface area contributed by atoms with Gasteiger partial charge < -0.3 is 19.6 Å². The van der Waals surface area contributed by atoms with Crippen LogP contribution in [0.25, 0.3) is 0 Å². The van der Waals surface area contributed by atoms with Crippen molar-refractivity contribution in [3.05, 3.63) is 23.8 Å². The summed E-state index contributed by atoms with van der Waals surface area (Å²) in [5.41, 5.74) is 0.950. The lowest BCUT2D eigenvalue weighted by atomic mass is 9.91. The number of hydrogen-bond donors (Lipinski definition) is 2. The fraction of sp³-hybridized carbons (Fsp3) is 0.583. The SMILES string of the molecule is COc1ccc(C(=O)N2CCC(N3CCC(CC(=O)O)CC3)CC2)cc1N1CCC(=O)NC1=O. The van der Waals surface area contributed by atoms with E-state index in [9.17, 15) is 19.2 Å². The van der Waals surface area contributed by atoms with Crippen molar-refractivity contribution in [2.45, 2.75) is 44.6 Å². The van der Waals surface area contributed by atoms with Crippen molar-refractivity contribution in [3.63, 3.8) is 0 Å². The van der Waals surface area contributed by atoms with E-state index >= 15 is 0 Å².